The highest BCUT2D eigenvalue weighted by Gasteiger charge is 2.45. The summed E-state index contributed by atoms with van der Waals surface area (Å²) < 4.78 is 6.30. The van der Waals surface area contributed by atoms with E-state index in [9.17, 15) is 4.79 Å². The van der Waals surface area contributed by atoms with Crippen LogP contribution in [0, 0.1) is 19.8 Å². The molecule has 2 heteroatoms. The number of carbonyl (C=O) groups is 1. The van der Waals surface area contributed by atoms with Crippen molar-refractivity contribution in [2.24, 2.45) is 5.92 Å². The van der Waals surface area contributed by atoms with E-state index >= 15 is 0 Å². The van der Waals surface area contributed by atoms with E-state index in [-0.39, 0.29) is 11.7 Å². The Morgan fingerprint density at radius 3 is 2.52 bits per heavy atom. The van der Waals surface area contributed by atoms with Gasteiger partial charge in [-0.15, -0.1) is 0 Å². The summed E-state index contributed by atoms with van der Waals surface area (Å²) in [6, 6.07) is 14.0. The van der Waals surface area contributed by atoms with Gasteiger partial charge in [-0.05, 0) is 38.0 Å². The Kier molecular flexibility index (Phi) is 3.12. The summed E-state index contributed by atoms with van der Waals surface area (Å²) in [5, 5.41) is 0. The standard InChI is InChI=1S/C19H20O2/c1-12-7-5-9-15(11-12)19(4)14(3)18(20)17-13(2)8-6-10-16(17)21-19/h5-11,14H,1-4H3. The summed E-state index contributed by atoms with van der Waals surface area (Å²) in [6.07, 6.45) is 0. The van der Waals surface area contributed by atoms with Gasteiger partial charge in [0.15, 0.2) is 5.78 Å². The molecule has 0 aliphatic carbocycles. The van der Waals surface area contributed by atoms with Gasteiger partial charge in [0, 0.05) is 0 Å². The fourth-order valence-electron chi connectivity index (χ4n) is 3.09. The van der Waals surface area contributed by atoms with Crippen molar-refractivity contribution in [3.63, 3.8) is 0 Å². The Morgan fingerprint density at radius 1 is 1.10 bits per heavy atom. The quantitative estimate of drug-likeness (QED) is 0.772. The van der Waals surface area contributed by atoms with Crippen molar-refractivity contribution < 1.29 is 9.53 Å². The fraction of sp³-hybridized carbons (Fsp3) is 0.316. The molecule has 0 aromatic heterocycles. The molecule has 0 saturated carbocycles. The molecular formula is C19H20O2. The summed E-state index contributed by atoms with van der Waals surface area (Å²) in [7, 11) is 0. The van der Waals surface area contributed by atoms with E-state index in [0.29, 0.717) is 5.75 Å². The minimum atomic E-state index is -0.621. The highest BCUT2D eigenvalue weighted by molar-refractivity contribution is 6.03. The molecule has 21 heavy (non-hydrogen) atoms. The molecule has 2 aromatic rings. The minimum absolute atomic E-state index is 0.165. The van der Waals surface area contributed by atoms with E-state index in [1.807, 2.05) is 51.1 Å². The van der Waals surface area contributed by atoms with Crippen LogP contribution in [-0.4, -0.2) is 5.78 Å². The molecule has 2 unspecified atom stereocenters. The van der Waals surface area contributed by atoms with Crippen LogP contribution in [0.3, 0.4) is 0 Å². The van der Waals surface area contributed by atoms with E-state index in [1.54, 1.807) is 0 Å². The van der Waals surface area contributed by atoms with Crippen molar-refractivity contribution in [2.45, 2.75) is 33.3 Å². The van der Waals surface area contributed by atoms with Gasteiger partial charge in [-0.2, -0.15) is 0 Å². The number of ketones is 1. The third kappa shape index (κ3) is 2.06. The number of carbonyl (C=O) groups excluding carboxylic acids is 1. The lowest BCUT2D eigenvalue weighted by molar-refractivity contribution is 0.0164. The van der Waals surface area contributed by atoms with Gasteiger partial charge in [-0.3, -0.25) is 4.79 Å². The van der Waals surface area contributed by atoms with Gasteiger partial charge in [0.1, 0.15) is 11.4 Å². The zero-order valence-electron chi connectivity index (χ0n) is 12.9. The third-order valence-electron chi connectivity index (χ3n) is 4.61. The topological polar surface area (TPSA) is 26.3 Å². The van der Waals surface area contributed by atoms with Crippen LogP contribution in [0.15, 0.2) is 42.5 Å². The molecule has 1 heterocycles. The fourth-order valence-corrected chi connectivity index (χ4v) is 3.09. The number of Topliss-reactive ketones (excluding diaryl/α,β-unsaturated/α-hetero) is 1. The lowest BCUT2D eigenvalue weighted by Gasteiger charge is -2.40. The minimum Gasteiger partial charge on any atom is -0.481 e. The first-order valence-corrected chi connectivity index (χ1v) is 7.33. The average molecular weight is 280 g/mol. The predicted octanol–water partition coefficient (Wildman–Crippen LogP) is 4.43. The zero-order valence-corrected chi connectivity index (χ0v) is 12.9. The number of hydrogen-bond donors (Lipinski definition) is 0. The monoisotopic (exact) mass is 280 g/mol. The number of benzene rings is 2. The Bertz CT molecular complexity index is 717. The molecule has 1 aliphatic rings. The maximum atomic E-state index is 12.8. The van der Waals surface area contributed by atoms with Crippen molar-refractivity contribution in [2.75, 3.05) is 0 Å². The zero-order chi connectivity index (χ0) is 15.2. The molecule has 0 N–H and O–H groups in total. The van der Waals surface area contributed by atoms with E-state index in [0.717, 1.165) is 16.7 Å². The molecule has 2 aromatic carbocycles. The first-order chi connectivity index (χ1) is 9.93. The second kappa shape index (κ2) is 4.73. The van der Waals surface area contributed by atoms with Crippen LogP contribution in [0.1, 0.15) is 40.9 Å². The van der Waals surface area contributed by atoms with Gasteiger partial charge < -0.3 is 4.74 Å². The average Bonchev–Trinajstić information content (AvgIpc) is 2.45. The Labute approximate surface area is 125 Å². The molecule has 0 saturated heterocycles. The van der Waals surface area contributed by atoms with Crippen molar-refractivity contribution >= 4 is 5.78 Å². The second-order valence-electron chi connectivity index (χ2n) is 6.11. The lowest BCUT2D eigenvalue weighted by Crippen LogP contribution is -2.44. The molecule has 0 fully saturated rings. The van der Waals surface area contributed by atoms with Crippen molar-refractivity contribution in [3.8, 4) is 5.75 Å². The Balaban J connectivity index is 2.16. The molecule has 1 aliphatic heterocycles. The molecule has 0 amide bonds. The normalized spacial score (nSPS) is 24.4. The van der Waals surface area contributed by atoms with Crippen molar-refractivity contribution in [1.82, 2.24) is 0 Å². The number of ether oxygens (including phenoxy) is 1. The largest absolute Gasteiger partial charge is 0.481 e. The Hall–Kier alpha value is -2.09. The molecule has 108 valence electrons. The first-order valence-electron chi connectivity index (χ1n) is 7.33. The van der Waals surface area contributed by atoms with Gasteiger partial charge in [-0.1, -0.05) is 48.9 Å². The SMILES string of the molecule is Cc1cccc(C2(C)Oc3cccc(C)c3C(=O)C2C)c1. The van der Waals surface area contributed by atoms with Crippen LogP contribution < -0.4 is 4.74 Å². The highest BCUT2D eigenvalue weighted by atomic mass is 16.5. The molecular weight excluding hydrogens is 260 g/mol. The van der Waals surface area contributed by atoms with Crippen LogP contribution in [0.2, 0.25) is 0 Å². The van der Waals surface area contributed by atoms with Crippen LogP contribution in [0.5, 0.6) is 5.75 Å². The van der Waals surface area contributed by atoms with E-state index < -0.39 is 5.60 Å². The summed E-state index contributed by atoms with van der Waals surface area (Å²) in [5.74, 6) is 0.647. The number of rotatable bonds is 1. The summed E-state index contributed by atoms with van der Waals surface area (Å²) in [6.45, 7) is 7.98. The maximum absolute atomic E-state index is 12.8. The molecule has 3 rings (SSSR count). The lowest BCUT2D eigenvalue weighted by atomic mass is 9.76. The van der Waals surface area contributed by atoms with Gasteiger partial charge in [0.2, 0.25) is 0 Å². The van der Waals surface area contributed by atoms with E-state index in [2.05, 4.69) is 19.1 Å². The summed E-state index contributed by atoms with van der Waals surface area (Å²) in [5.41, 5.74) is 3.32. The number of hydrogen-bond acceptors (Lipinski definition) is 2. The Morgan fingerprint density at radius 2 is 1.81 bits per heavy atom. The third-order valence-corrected chi connectivity index (χ3v) is 4.61. The molecule has 2 nitrogen and oxygen atoms in total. The van der Waals surface area contributed by atoms with Crippen LogP contribution in [0.25, 0.3) is 0 Å². The number of fused-ring (bicyclic) bond motifs is 1. The molecule has 0 radical (unpaired) electrons. The van der Waals surface area contributed by atoms with Crippen LogP contribution in [-0.2, 0) is 5.60 Å². The highest BCUT2D eigenvalue weighted by Crippen LogP contribution is 2.43. The number of aryl methyl sites for hydroxylation is 2. The second-order valence-corrected chi connectivity index (χ2v) is 6.11. The first kappa shape index (κ1) is 13.9. The predicted molar refractivity (Wildman–Crippen MR) is 83.8 cm³/mol. The van der Waals surface area contributed by atoms with Crippen molar-refractivity contribution in [3.05, 3.63) is 64.7 Å². The van der Waals surface area contributed by atoms with Gasteiger partial charge in [0.05, 0.1) is 11.5 Å². The molecule has 2 atom stereocenters. The molecule has 0 bridgehead atoms. The summed E-state index contributed by atoms with van der Waals surface area (Å²) >= 11 is 0. The smallest absolute Gasteiger partial charge is 0.174 e. The van der Waals surface area contributed by atoms with E-state index in [4.69, 9.17) is 4.74 Å². The van der Waals surface area contributed by atoms with Gasteiger partial charge in [0.25, 0.3) is 0 Å². The van der Waals surface area contributed by atoms with Gasteiger partial charge in [-0.25, -0.2) is 0 Å². The van der Waals surface area contributed by atoms with Crippen LogP contribution in [0.4, 0.5) is 0 Å². The molecule has 0 spiro atoms. The van der Waals surface area contributed by atoms with Crippen LogP contribution >= 0.6 is 0 Å². The summed E-state index contributed by atoms with van der Waals surface area (Å²) in [4.78, 5) is 12.8. The maximum Gasteiger partial charge on any atom is 0.174 e. The van der Waals surface area contributed by atoms with E-state index in [1.165, 1.54) is 5.56 Å². The van der Waals surface area contributed by atoms with Crippen molar-refractivity contribution in [1.29, 1.82) is 0 Å². The van der Waals surface area contributed by atoms with Gasteiger partial charge >= 0.3 is 0 Å².